The highest BCUT2D eigenvalue weighted by Gasteiger charge is 2.24. The first kappa shape index (κ1) is 34.2. The first-order chi connectivity index (χ1) is 28.7. The van der Waals surface area contributed by atoms with Gasteiger partial charge in [0.05, 0.1) is 28.1 Å². The fraction of sp³-hybridized carbons (Fsp3) is 0.0566. The first-order valence-corrected chi connectivity index (χ1v) is 20.6. The van der Waals surface area contributed by atoms with Crippen LogP contribution in [0.2, 0.25) is 0 Å². The number of furan rings is 1. The van der Waals surface area contributed by atoms with Gasteiger partial charge in [0.15, 0.2) is 5.82 Å². The van der Waals surface area contributed by atoms with Gasteiger partial charge in [-0.25, -0.2) is 9.97 Å². The maximum atomic E-state index is 6.78. The van der Waals surface area contributed by atoms with E-state index in [4.69, 9.17) is 14.4 Å². The van der Waals surface area contributed by atoms with Crippen molar-refractivity contribution in [1.82, 2.24) is 9.97 Å². The summed E-state index contributed by atoms with van der Waals surface area (Å²) in [5.41, 5.74) is 13.5. The molecule has 3 heterocycles. The predicted octanol–water partition coefficient (Wildman–Crippen LogP) is 15.3. The zero-order valence-corrected chi connectivity index (χ0v) is 32.7. The summed E-state index contributed by atoms with van der Waals surface area (Å²) >= 11 is 1.84. The number of aromatic nitrogens is 2. The number of rotatable bonds is 7. The minimum absolute atomic E-state index is 0.689. The number of allylic oxidation sites excluding steroid dienone is 4. The number of hydrogen-bond donors (Lipinski definition) is 0. The Hall–Kier alpha value is -7.08. The molecule has 0 spiro atoms. The molecule has 0 N–H and O–H groups in total. The molecule has 3 aromatic heterocycles. The molecule has 1 aliphatic carbocycles. The highest BCUT2D eigenvalue weighted by Crippen LogP contribution is 2.48. The molecule has 5 heteroatoms. The second-order valence-electron chi connectivity index (χ2n) is 14.9. The summed E-state index contributed by atoms with van der Waals surface area (Å²) in [6.07, 6.45) is 8.51. The summed E-state index contributed by atoms with van der Waals surface area (Å²) in [7, 11) is 0. The normalized spacial score (nSPS) is 12.8. The second kappa shape index (κ2) is 14.1. The average Bonchev–Trinajstić information content (AvgIpc) is 3.87. The highest BCUT2D eigenvalue weighted by atomic mass is 32.1. The lowest BCUT2D eigenvalue weighted by atomic mass is 9.95. The first-order valence-electron chi connectivity index (χ1n) is 19.8. The van der Waals surface area contributed by atoms with Gasteiger partial charge < -0.3 is 9.32 Å². The Morgan fingerprint density at radius 3 is 2.02 bits per heavy atom. The van der Waals surface area contributed by atoms with E-state index in [0.29, 0.717) is 5.82 Å². The van der Waals surface area contributed by atoms with E-state index in [-0.39, 0.29) is 0 Å². The molecule has 4 nitrogen and oxygen atoms in total. The molecular formula is C53H37N3OS. The van der Waals surface area contributed by atoms with E-state index in [1.54, 1.807) is 0 Å². The fourth-order valence-electron chi connectivity index (χ4n) is 8.55. The molecular weight excluding hydrogens is 727 g/mol. The van der Waals surface area contributed by atoms with Gasteiger partial charge in [-0.1, -0.05) is 127 Å². The molecule has 0 atom stereocenters. The SMILES string of the molecule is Cc1c(C2=CC=CCC2)nc(-c2ccc3c(c2)oc2cccc(N(c4ccc(-c5ccccc5)cc4)c4cccc5sc6ccccc6c45)c23)nc1-c1ccccc1. The number of hydrogen-bond acceptors (Lipinski definition) is 5. The lowest BCUT2D eigenvalue weighted by molar-refractivity contribution is 0.669. The van der Waals surface area contributed by atoms with Crippen LogP contribution in [0.15, 0.2) is 186 Å². The lowest BCUT2D eigenvalue weighted by Crippen LogP contribution is -2.10. The maximum Gasteiger partial charge on any atom is 0.160 e. The van der Waals surface area contributed by atoms with E-state index >= 15 is 0 Å². The van der Waals surface area contributed by atoms with Gasteiger partial charge in [0.25, 0.3) is 0 Å². The van der Waals surface area contributed by atoms with Crippen LogP contribution in [0.3, 0.4) is 0 Å². The Morgan fingerprint density at radius 2 is 1.22 bits per heavy atom. The molecule has 0 radical (unpaired) electrons. The van der Waals surface area contributed by atoms with Crippen LogP contribution >= 0.6 is 11.3 Å². The van der Waals surface area contributed by atoms with E-state index in [1.165, 1.54) is 36.9 Å². The van der Waals surface area contributed by atoms with E-state index in [9.17, 15) is 0 Å². The molecule has 0 bridgehead atoms. The van der Waals surface area contributed by atoms with Gasteiger partial charge in [0.2, 0.25) is 0 Å². The molecule has 58 heavy (non-hydrogen) atoms. The van der Waals surface area contributed by atoms with Gasteiger partial charge in [-0.05, 0) is 91.1 Å². The van der Waals surface area contributed by atoms with E-state index < -0.39 is 0 Å². The number of thiophene rings is 1. The molecule has 11 rings (SSSR count). The zero-order valence-electron chi connectivity index (χ0n) is 31.9. The largest absolute Gasteiger partial charge is 0.456 e. The van der Waals surface area contributed by atoms with Crippen molar-refractivity contribution in [2.24, 2.45) is 0 Å². The van der Waals surface area contributed by atoms with Crippen molar-refractivity contribution >= 4 is 76.1 Å². The number of nitrogens with zero attached hydrogens (tertiary/aromatic N) is 3. The number of benzene rings is 7. The molecule has 0 fully saturated rings. The summed E-state index contributed by atoms with van der Waals surface area (Å²) in [6, 6.07) is 58.2. The van der Waals surface area contributed by atoms with Crippen molar-refractivity contribution in [2.45, 2.75) is 19.8 Å². The van der Waals surface area contributed by atoms with Gasteiger partial charge in [-0.3, -0.25) is 0 Å². The van der Waals surface area contributed by atoms with Gasteiger partial charge in [-0.2, -0.15) is 0 Å². The van der Waals surface area contributed by atoms with Crippen LogP contribution in [0.1, 0.15) is 24.1 Å². The minimum Gasteiger partial charge on any atom is -0.456 e. The third kappa shape index (κ3) is 5.82. The zero-order chi connectivity index (χ0) is 38.6. The Bertz CT molecular complexity index is 3230. The standard InChI is InChI=1S/C53H37N3OS/c1-34-51(37-17-7-3-8-18-37)54-53(55-52(34)38-19-9-4-10-20-38)39-29-32-41-46(33-39)57-45-24-13-22-43(49(41)45)56(40-30-27-36(28-31-40)35-15-5-2-6-16-35)44-23-14-26-48-50(44)42-21-11-12-25-47(42)58-48/h2-9,11-19,21-33H,10,20H2,1H3. The lowest BCUT2D eigenvalue weighted by Gasteiger charge is -2.27. The maximum absolute atomic E-state index is 6.78. The second-order valence-corrected chi connectivity index (χ2v) is 15.9. The monoisotopic (exact) mass is 763 g/mol. The molecule has 1 aliphatic rings. The van der Waals surface area contributed by atoms with E-state index in [2.05, 4.69) is 188 Å². The van der Waals surface area contributed by atoms with Crippen LogP contribution in [-0.4, -0.2) is 9.97 Å². The molecule has 0 saturated heterocycles. The van der Waals surface area contributed by atoms with Crippen molar-refractivity contribution in [3.05, 3.63) is 193 Å². The van der Waals surface area contributed by atoms with Gasteiger partial charge in [0.1, 0.15) is 11.2 Å². The van der Waals surface area contributed by atoms with Gasteiger partial charge >= 0.3 is 0 Å². The smallest absolute Gasteiger partial charge is 0.160 e. The quantitative estimate of drug-likeness (QED) is 0.162. The Kier molecular flexibility index (Phi) is 8.34. The van der Waals surface area contributed by atoms with Crippen LogP contribution in [-0.2, 0) is 0 Å². The molecule has 276 valence electrons. The van der Waals surface area contributed by atoms with Crippen LogP contribution in [0.5, 0.6) is 0 Å². The molecule has 10 aromatic rings. The van der Waals surface area contributed by atoms with Crippen LogP contribution in [0.4, 0.5) is 17.1 Å². The third-order valence-electron chi connectivity index (χ3n) is 11.3. The van der Waals surface area contributed by atoms with Crippen molar-refractivity contribution in [1.29, 1.82) is 0 Å². The molecule has 0 saturated carbocycles. The van der Waals surface area contributed by atoms with Crippen molar-refractivity contribution in [3.8, 4) is 33.8 Å². The van der Waals surface area contributed by atoms with Crippen LogP contribution in [0, 0.1) is 6.92 Å². The topological polar surface area (TPSA) is 42.2 Å². The molecule has 0 unspecified atom stereocenters. The molecule has 0 amide bonds. The van der Waals surface area contributed by atoms with Gasteiger partial charge in [-0.15, -0.1) is 11.3 Å². The van der Waals surface area contributed by atoms with E-state index in [1.807, 2.05) is 17.4 Å². The van der Waals surface area contributed by atoms with Crippen LogP contribution in [0.25, 0.3) is 81.5 Å². The van der Waals surface area contributed by atoms with Crippen molar-refractivity contribution in [3.63, 3.8) is 0 Å². The molecule has 7 aromatic carbocycles. The predicted molar refractivity (Wildman–Crippen MR) is 244 cm³/mol. The van der Waals surface area contributed by atoms with E-state index in [0.717, 1.165) is 79.9 Å². The summed E-state index contributed by atoms with van der Waals surface area (Å²) in [6.45, 7) is 2.14. The summed E-state index contributed by atoms with van der Waals surface area (Å²) in [5.74, 6) is 0.689. The summed E-state index contributed by atoms with van der Waals surface area (Å²) in [5, 5.41) is 4.60. The highest BCUT2D eigenvalue weighted by molar-refractivity contribution is 7.26. The van der Waals surface area contributed by atoms with Crippen molar-refractivity contribution < 1.29 is 4.42 Å². The Morgan fingerprint density at radius 1 is 0.552 bits per heavy atom. The fourth-order valence-corrected chi connectivity index (χ4v) is 9.68. The summed E-state index contributed by atoms with van der Waals surface area (Å²) in [4.78, 5) is 12.9. The Balaban J connectivity index is 1.10. The van der Waals surface area contributed by atoms with Crippen molar-refractivity contribution in [2.75, 3.05) is 4.90 Å². The van der Waals surface area contributed by atoms with Gasteiger partial charge in [0, 0.05) is 47.9 Å². The Labute approximate surface area is 340 Å². The number of fused-ring (bicyclic) bond motifs is 6. The third-order valence-corrected chi connectivity index (χ3v) is 12.5. The minimum atomic E-state index is 0.689. The number of anilines is 3. The summed E-state index contributed by atoms with van der Waals surface area (Å²) < 4.78 is 9.31. The average molecular weight is 764 g/mol. The van der Waals surface area contributed by atoms with Crippen LogP contribution < -0.4 is 4.90 Å². The molecule has 0 aliphatic heterocycles.